The Kier molecular flexibility index (Phi) is 8.75. The molecule has 36 heavy (non-hydrogen) atoms. The van der Waals surface area contributed by atoms with E-state index in [1.165, 1.54) is 0 Å². The normalized spacial score (nSPS) is 17.6. The number of anilines is 2. The highest BCUT2D eigenvalue weighted by atomic mass is 31.2. The Hall–Kier alpha value is -3.19. The highest BCUT2D eigenvalue weighted by Gasteiger charge is 2.33. The molecule has 1 heterocycles. The largest absolute Gasteiger partial charge is 0.801 e. The Labute approximate surface area is 214 Å². The second kappa shape index (κ2) is 12.2. The summed E-state index contributed by atoms with van der Waals surface area (Å²) >= 11 is 0. The predicted molar refractivity (Wildman–Crippen MR) is 142 cm³/mol. The van der Waals surface area contributed by atoms with E-state index >= 15 is 0 Å². The second-order valence-corrected chi connectivity index (χ2v) is 9.90. The van der Waals surface area contributed by atoms with Gasteiger partial charge in [0.05, 0.1) is 28.4 Å². The molecule has 3 aromatic carbocycles. The molecule has 8 nitrogen and oxygen atoms in total. The lowest BCUT2D eigenvalue weighted by Crippen LogP contribution is -2.31. The van der Waals surface area contributed by atoms with Crippen molar-refractivity contribution in [3.8, 4) is 23.0 Å². The fourth-order valence-corrected chi connectivity index (χ4v) is 6.04. The van der Waals surface area contributed by atoms with Crippen molar-refractivity contribution in [1.29, 1.82) is 0 Å². The molecule has 0 radical (unpaired) electrons. The van der Waals surface area contributed by atoms with E-state index in [2.05, 4.69) is 22.1 Å². The Morgan fingerprint density at radius 1 is 0.833 bits per heavy atom. The summed E-state index contributed by atoms with van der Waals surface area (Å²) in [6.07, 6.45) is 0.812. The first-order valence-corrected chi connectivity index (χ1v) is 13.0. The monoisotopic (exact) mass is 510 g/mol. The van der Waals surface area contributed by atoms with Gasteiger partial charge in [0.25, 0.3) is 0 Å². The van der Waals surface area contributed by atoms with Crippen LogP contribution < -0.4 is 33.8 Å². The first-order valence-electron chi connectivity index (χ1n) is 11.8. The van der Waals surface area contributed by atoms with E-state index in [4.69, 9.17) is 18.9 Å². The molecular formula is C27H33N3O5P-. The van der Waals surface area contributed by atoms with Crippen LogP contribution in [-0.4, -0.2) is 52.2 Å². The number of methoxy groups -OCH3 is 4. The van der Waals surface area contributed by atoms with Crippen LogP contribution in [0.3, 0.4) is 0 Å². The van der Waals surface area contributed by atoms with E-state index in [9.17, 15) is 4.89 Å². The van der Waals surface area contributed by atoms with Crippen molar-refractivity contribution >= 4 is 19.8 Å². The lowest BCUT2D eigenvalue weighted by atomic mass is 10.1. The minimum Gasteiger partial charge on any atom is -0.801 e. The van der Waals surface area contributed by atoms with Crippen molar-refractivity contribution in [3.63, 3.8) is 0 Å². The summed E-state index contributed by atoms with van der Waals surface area (Å²) in [7, 11) is 4.67. The van der Waals surface area contributed by atoms with Crippen molar-refractivity contribution in [2.24, 2.45) is 0 Å². The third-order valence-corrected chi connectivity index (χ3v) is 7.99. The maximum absolute atomic E-state index is 13.7. The molecule has 0 saturated carbocycles. The molecule has 0 bridgehead atoms. The third-order valence-electron chi connectivity index (χ3n) is 6.27. The molecule has 0 amide bonds. The Balaban J connectivity index is 1.51. The van der Waals surface area contributed by atoms with Crippen LogP contribution in [0.15, 0.2) is 66.7 Å². The molecule has 4 rings (SSSR count). The first-order chi connectivity index (χ1) is 17.6. The van der Waals surface area contributed by atoms with Gasteiger partial charge in [-0.3, -0.25) is 4.67 Å². The van der Waals surface area contributed by atoms with E-state index in [1.54, 1.807) is 28.4 Å². The lowest BCUT2D eigenvalue weighted by Gasteiger charge is -2.37. The average Bonchev–Trinajstić information content (AvgIpc) is 3.23. The van der Waals surface area contributed by atoms with Crippen molar-refractivity contribution in [2.75, 3.05) is 51.5 Å². The predicted octanol–water partition coefficient (Wildman–Crippen LogP) is 4.50. The van der Waals surface area contributed by atoms with Gasteiger partial charge in [0.1, 0.15) is 0 Å². The molecule has 1 aliphatic heterocycles. The van der Waals surface area contributed by atoms with Crippen LogP contribution in [0.25, 0.3) is 0 Å². The van der Waals surface area contributed by atoms with Gasteiger partial charge in [-0.05, 0) is 44.7 Å². The smallest absolute Gasteiger partial charge is 0.162 e. The van der Waals surface area contributed by atoms with Gasteiger partial charge in [-0.1, -0.05) is 30.3 Å². The molecule has 0 aromatic heterocycles. The van der Waals surface area contributed by atoms with Gasteiger partial charge in [-0.15, -0.1) is 0 Å². The topological polar surface area (TPSA) is 78.5 Å². The fraction of sp³-hybridized carbons (Fsp3) is 0.333. The number of benzene rings is 3. The summed E-state index contributed by atoms with van der Waals surface area (Å²) in [5.41, 5.74) is 2.93. The van der Waals surface area contributed by atoms with Crippen LogP contribution in [0.5, 0.6) is 23.0 Å². The van der Waals surface area contributed by atoms with Gasteiger partial charge in [0.15, 0.2) is 23.0 Å². The zero-order valence-electron chi connectivity index (χ0n) is 21.1. The molecule has 9 heteroatoms. The molecule has 1 N–H and O–H groups in total. The molecule has 0 spiro atoms. The molecule has 0 aliphatic carbocycles. The maximum Gasteiger partial charge on any atom is 0.162 e. The summed E-state index contributed by atoms with van der Waals surface area (Å²) < 4.78 is 25.7. The van der Waals surface area contributed by atoms with Gasteiger partial charge in [-0.2, -0.15) is 0 Å². The summed E-state index contributed by atoms with van der Waals surface area (Å²) in [5, 5.41) is 3.47. The fourth-order valence-electron chi connectivity index (χ4n) is 4.36. The number of hydrogen-bond acceptors (Lipinski definition) is 8. The Morgan fingerprint density at radius 2 is 1.47 bits per heavy atom. The number of hydrogen-bond donors (Lipinski definition) is 1. The van der Waals surface area contributed by atoms with Crippen LogP contribution in [0, 0.1) is 0 Å². The van der Waals surface area contributed by atoms with Gasteiger partial charge in [-0.25, -0.2) is 0 Å². The van der Waals surface area contributed by atoms with Crippen LogP contribution in [0.2, 0.25) is 0 Å². The Bertz CT molecular complexity index is 1130. The molecule has 1 aliphatic rings. The molecule has 1 saturated heterocycles. The van der Waals surface area contributed by atoms with Crippen LogP contribution in [-0.2, 0) is 6.54 Å². The molecular weight excluding hydrogens is 477 g/mol. The van der Waals surface area contributed by atoms with E-state index in [1.807, 2.05) is 59.3 Å². The molecule has 3 aromatic rings. The highest BCUT2D eigenvalue weighted by molar-refractivity contribution is 7.49. The van der Waals surface area contributed by atoms with Gasteiger partial charge in [0, 0.05) is 49.2 Å². The SMILES string of the molecule is COc1ccc(NCC[C@H]2CN(c3ccc(OC)c(OC)c3)P([O-])N2Cc2ccccc2)cc1OC. The number of rotatable bonds is 11. The number of nitrogens with zero attached hydrogens (tertiary/aromatic N) is 2. The van der Waals surface area contributed by atoms with Crippen LogP contribution >= 0.6 is 8.45 Å². The number of nitrogens with one attached hydrogen (secondary N) is 1. The van der Waals surface area contributed by atoms with Crippen molar-refractivity contribution in [3.05, 3.63) is 72.3 Å². The van der Waals surface area contributed by atoms with Crippen molar-refractivity contribution < 1.29 is 23.8 Å². The molecule has 192 valence electrons. The van der Waals surface area contributed by atoms with Gasteiger partial charge >= 0.3 is 0 Å². The van der Waals surface area contributed by atoms with E-state index in [0.29, 0.717) is 42.6 Å². The van der Waals surface area contributed by atoms with Crippen molar-refractivity contribution in [2.45, 2.75) is 19.0 Å². The third kappa shape index (κ3) is 5.78. The molecule has 2 atom stereocenters. The minimum atomic E-state index is -1.79. The summed E-state index contributed by atoms with van der Waals surface area (Å²) in [6.45, 7) is 1.97. The lowest BCUT2D eigenvalue weighted by molar-refractivity contribution is -0.170. The van der Waals surface area contributed by atoms with E-state index in [-0.39, 0.29) is 6.04 Å². The van der Waals surface area contributed by atoms with E-state index < -0.39 is 8.45 Å². The standard InChI is InChI=1S/C27H33N3O5P/c1-32-24-12-10-21(16-26(24)34-3)28-15-14-23-19-30(22-11-13-25(33-2)27(17-22)35-4)36(31)29(23)18-20-8-6-5-7-9-20/h5-13,16-17,23,28H,14-15,18-19H2,1-4H3/q-1/t23-,36?/m0/s1. The summed E-state index contributed by atoms with van der Waals surface area (Å²) in [6, 6.07) is 21.7. The van der Waals surface area contributed by atoms with Crippen LogP contribution in [0.4, 0.5) is 11.4 Å². The summed E-state index contributed by atoms with van der Waals surface area (Å²) in [4.78, 5) is 13.7. The van der Waals surface area contributed by atoms with E-state index in [0.717, 1.165) is 23.4 Å². The Morgan fingerprint density at radius 3 is 2.14 bits per heavy atom. The minimum absolute atomic E-state index is 0.0922. The zero-order chi connectivity index (χ0) is 25.5. The van der Waals surface area contributed by atoms with Gasteiger partial charge < -0.3 is 33.8 Å². The number of ether oxygens (including phenoxy) is 4. The zero-order valence-corrected chi connectivity index (χ0v) is 22.0. The van der Waals surface area contributed by atoms with Crippen LogP contribution in [0.1, 0.15) is 12.0 Å². The first kappa shape index (κ1) is 25.9. The summed E-state index contributed by atoms with van der Waals surface area (Å²) in [5.74, 6) is 2.63. The molecule has 1 unspecified atom stereocenters. The molecule has 1 fully saturated rings. The quantitative estimate of drug-likeness (QED) is 0.378. The second-order valence-electron chi connectivity index (χ2n) is 8.40. The average molecular weight is 511 g/mol. The van der Waals surface area contributed by atoms with Gasteiger partial charge in [0.2, 0.25) is 0 Å². The van der Waals surface area contributed by atoms with Crippen molar-refractivity contribution in [1.82, 2.24) is 4.67 Å². The highest BCUT2D eigenvalue weighted by Crippen LogP contribution is 2.50. The maximum atomic E-state index is 13.7.